The number of hydrogen-bond acceptors (Lipinski definition) is 3. The number of ether oxygens (including phenoxy) is 1. The first-order valence-electron chi connectivity index (χ1n) is 3.14. The van der Waals surface area contributed by atoms with E-state index in [9.17, 15) is 9.59 Å². The van der Waals surface area contributed by atoms with Gasteiger partial charge in [0.1, 0.15) is 0 Å². The highest BCUT2D eigenvalue weighted by molar-refractivity contribution is 5.84. The standard InChI is InChI=1S/C7H10O4/c1-3-4-6(8)11-5(2)7(9)10/h3-5H,1-2H3,(H,9,10). The van der Waals surface area contributed by atoms with E-state index in [1.807, 2.05) is 0 Å². The summed E-state index contributed by atoms with van der Waals surface area (Å²) < 4.78 is 4.43. The summed E-state index contributed by atoms with van der Waals surface area (Å²) in [6, 6.07) is 0. The van der Waals surface area contributed by atoms with Gasteiger partial charge in [-0.15, -0.1) is 0 Å². The Morgan fingerprint density at radius 1 is 1.55 bits per heavy atom. The summed E-state index contributed by atoms with van der Waals surface area (Å²) in [6.07, 6.45) is 1.56. The minimum absolute atomic E-state index is 0.637. The lowest BCUT2D eigenvalue weighted by Gasteiger charge is -2.04. The number of hydrogen-bond donors (Lipinski definition) is 1. The van der Waals surface area contributed by atoms with Gasteiger partial charge in [-0.25, -0.2) is 9.59 Å². The molecule has 0 heterocycles. The lowest BCUT2D eigenvalue weighted by atomic mass is 10.4. The van der Waals surface area contributed by atoms with Crippen molar-refractivity contribution in [3.05, 3.63) is 12.2 Å². The van der Waals surface area contributed by atoms with Gasteiger partial charge in [0.15, 0.2) is 6.10 Å². The third-order valence-electron chi connectivity index (χ3n) is 0.943. The Balaban J connectivity index is 3.85. The molecule has 1 N–H and O–H groups in total. The van der Waals surface area contributed by atoms with E-state index in [-0.39, 0.29) is 0 Å². The Morgan fingerprint density at radius 3 is 2.45 bits per heavy atom. The van der Waals surface area contributed by atoms with Gasteiger partial charge < -0.3 is 9.84 Å². The highest BCUT2D eigenvalue weighted by Gasteiger charge is 2.13. The van der Waals surface area contributed by atoms with E-state index in [0.717, 1.165) is 0 Å². The highest BCUT2D eigenvalue weighted by atomic mass is 16.6. The average Bonchev–Trinajstić information content (AvgIpc) is 1.87. The summed E-state index contributed by atoms with van der Waals surface area (Å²) in [7, 11) is 0. The lowest BCUT2D eigenvalue weighted by molar-refractivity contribution is -0.159. The molecule has 0 aromatic rings. The van der Waals surface area contributed by atoms with Crippen molar-refractivity contribution in [1.29, 1.82) is 0 Å². The smallest absolute Gasteiger partial charge is 0.344 e. The molecular weight excluding hydrogens is 148 g/mol. The molecule has 0 spiro atoms. The fraction of sp³-hybridized carbons (Fsp3) is 0.429. The number of rotatable bonds is 3. The van der Waals surface area contributed by atoms with E-state index in [1.54, 1.807) is 6.92 Å². The fourth-order valence-electron chi connectivity index (χ4n) is 0.400. The Labute approximate surface area is 64.5 Å². The SMILES string of the molecule is CC=CC(=O)OC(C)C(=O)O. The zero-order chi connectivity index (χ0) is 8.85. The minimum atomic E-state index is -1.15. The van der Waals surface area contributed by atoms with Crippen molar-refractivity contribution < 1.29 is 19.4 Å². The Bertz CT molecular complexity index is 183. The number of carboxylic acids is 1. The van der Waals surface area contributed by atoms with Gasteiger partial charge in [0, 0.05) is 6.08 Å². The first-order chi connectivity index (χ1) is 5.07. The van der Waals surface area contributed by atoms with Crippen molar-refractivity contribution in [2.45, 2.75) is 20.0 Å². The van der Waals surface area contributed by atoms with Crippen LogP contribution in [0.2, 0.25) is 0 Å². The number of aliphatic carboxylic acids is 1. The normalized spacial score (nSPS) is 12.9. The van der Waals surface area contributed by atoms with Crippen LogP contribution in [0.4, 0.5) is 0 Å². The number of esters is 1. The van der Waals surface area contributed by atoms with Crippen LogP contribution in [0, 0.1) is 0 Å². The van der Waals surface area contributed by atoms with Crippen LogP contribution in [0.5, 0.6) is 0 Å². The molecule has 0 aliphatic carbocycles. The predicted octanol–water partition coefficient (Wildman–Crippen LogP) is 0.579. The molecule has 0 saturated carbocycles. The van der Waals surface area contributed by atoms with Crippen LogP contribution in [-0.2, 0) is 14.3 Å². The highest BCUT2D eigenvalue weighted by Crippen LogP contribution is 1.91. The van der Waals surface area contributed by atoms with E-state index in [0.29, 0.717) is 0 Å². The van der Waals surface area contributed by atoms with Gasteiger partial charge in [-0.05, 0) is 13.8 Å². The van der Waals surface area contributed by atoms with Crippen LogP contribution in [-0.4, -0.2) is 23.1 Å². The summed E-state index contributed by atoms with van der Waals surface area (Å²) in [4.78, 5) is 20.7. The summed E-state index contributed by atoms with van der Waals surface area (Å²) in [6.45, 7) is 2.94. The molecule has 0 aromatic heterocycles. The monoisotopic (exact) mass is 158 g/mol. The van der Waals surface area contributed by atoms with E-state index < -0.39 is 18.0 Å². The van der Waals surface area contributed by atoms with Gasteiger partial charge in [0.25, 0.3) is 0 Å². The first-order valence-corrected chi connectivity index (χ1v) is 3.14. The second-order valence-corrected chi connectivity index (χ2v) is 1.92. The molecule has 1 unspecified atom stereocenters. The molecule has 4 heteroatoms. The third kappa shape index (κ3) is 4.13. The molecule has 4 nitrogen and oxygen atoms in total. The largest absolute Gasteiger partial charge is 0.479 e. The predicted molar refractivity (Wildman–Crippen MR) is 38.0 cm³/mol. The van der Waals surface area contributed by atoms with Crippen LogP contribution < -0.4 is 0 Å². The van der Waals surface area contributed by atoms with E-state index in [1.165, 1.54) is 19.1 Å². The molecule has 0 fully saturated rings. The second kappa shape index (κ2) is 4.49. The van der Waals surface area contributed by atoms with Gasteiger partial charge >= 0.3 is 11.9 Å². The average molecular weight is 158 g/mol. The maximum atomic E-state index is 10.6. The lowest BCUT2D eigenvalue weighted by Crippen LogP contribution is -2.22. The molecule has 11 heavy (non-hydrogen) atoms. The summed E-state index contributed by atoms with van der Waals surface area (Å²) in [5.41, 5.74) is 0. The molecule has 0 aromatic carbocycles. The van der Waals surface area contributed by atoms with Crippen molar-refractivity contribution in [2.24, 2.45) is 0 Å². The topological polar surface area (TPSA) is 63.6 Å². The van der Waals surface area contributed by atoms with Crippen molar-refractivity contribution in [3.8, 4) is 0 Å². The van der Waals surface area contributed by atoms with Crippen LogP contribution in [0.25, 0.3) is 0 Å². The molecule has 0 radical (unpaired) electrons. The maximum Gasteiger partial charge on any atom is 0.344 e. The molecule has 0 aliphatic rings. The number of carboxylic acid groups (broad SMARTS) is 1. The minimum Gasteiger partial charge on any atom is -0.479 e. The van der Waals surface area contributed by atoms with Crippen molar-refractivity contribution in [2.75, 3.05) is 0 Å². The Hall–Kier alpha value is -1.32. The molecule has 62 valence electrons. The maximum absolute atomic E-state index is 10.6. The Morgan fingerprint density at radius 2 is 2.09 bits per heavy atom. The van der Waals surface area contributed by atoms with Crippen LogP contribution in [0.15, 0.2) is 12.2 Å². The van der Waals surface area contributed by atoms with Gasteiger partial charge in [-0.3, -0.25) is 0 Å². The van der Waals surface area contributed by atoms with E-state index in [2.05, 4.69) is 4.74 Å². The summed E-state index contributed by atoms with van der Waals surface area (Å²) in [5, 5.41) is 8.30. The third-order valence-corrected chi connectivity index (χ3v) is 0.943. The summed E-state index contributed by atoms with van der Waals surface area (Å²) >= 11 is 0. The van der Waals surface area contributed by atoms with Gasteiger partial charge in [0.05, 0.1) is 0 Å². The fourth-order valence-corrected chi connectivity index (χ4v) is 0.400. The Kier molecular flexibility index (Phi) is 3.95. The van der Waals surface area contributed by atoms with Gasteiger partial charge in [-0.2, -0.15) is 0 Å². The van der Waals surface area contributed by atoms with Gasteiger partial charge in [-0.1, -0.05) is 6.08 Å². The van der Waals surface area contributed by atoms with Gasteiger partial charge in [0.2, 0.25) is 0 Å². The number of carbonyl (C=O) groups is 2. The molecule has 0 amide bonds. The zero-order valence-corrected chi connectivity index (χ0v) is 6.40. The number of carbonyl (C=O) groups excluding carboxylic acids is 1. The van der Waals surface area contributed by atoms with Crippen molar-refractivity contribution in [3.63, 3.8) is 0 Å². The zero-order valence-electron chi connectivity index (χ0n) is 6.40. The number of allylic oxidation sites excluding steroid dienone is 1. The molecule has 0 bridgehead atoms. The molecule has 0 saturated heterocycles. The summed E-state index contributed by atoms with van der Waals surface area (Å²) in [5.74, 6) is -1.79. The van der Waals surface area contributed by atoms with Crippen LogP contribution >= 0.6 is 0 Å². The molecule has 0 rings (SSSR count). The van der Waals surface area contributed by atoms with E-state index >= 15 is 0 Å². The quantitative estimate of drug-likeness (QED) is 0.482. The second-order valence-electron chi connectivity index (χ2n) is 1.92. The van der Waals surface area contributed by atoms with Crippen molar-refractivity contribution >= 4 is 11.9 Å². The van der Waals surface area contributed by atoms with Crippen molar-refractivity contribution in [1.82, 2.24) is 0 Å². The van der Waals surface area contributed by atoms with Crippen LogP contribution in [0.3, 0.4) is 0 Å². The molecule has 0 aliphatic heterocycles. The molecular formula is C7H10O4. The first kappa shape index (κ1) is 9.68. The molecule has 1 atom stereocenters. The van der Waals surface area contributed by atoms with Crippen LogP contribution in [0.1, 0.15) is 13.8 Å². The van der Waals surface area contributed by atoms with E-state index in [4.69, 9.17) is 5.11 Å².